The molecule has 534 valence electrons. The van der Waals surface area contributed by atoms with Crippen LogP contribution in [0.3, 0.4) is 0 Å². The molecule has 9 rings (SSSR count). The van der Waals surface area contributed by atoms with Gasteiger partial charge in [-0.3, -0.25) is 19.2 Å². The maximum atomic E-state index is 13.9. The largest absolute Gasteiger partial charge is 2.00 e. The van der Waals surface area contributed by atoms with Crippen LogP contribution in [0.5, 0.6) is 0 Å². The van der Waals surface area contributed by atoms with Gasteiger partial charge in [0.1, 0.15) is 0 Å². The number of hydrogen-bond donors (Lipinski definition) is 10. The molecule has 108 heavy (non-hydrogen) atoms. The monoisotopic (exact) mass is 1510 g/mol. The van der Waals surface area contributed by atoms with Crippen molar-refractivity contribution in [1.82, 2.24) is 19.9 Å². The predicted octanol–water partition coefficient (Wildman–Crippen LogP) is -1.07. The van der Waals surface area contributed by atoms with Crippen molar-refractivity contribution in [2.45, 2.75) is 51.4 Å². The fraction of sp³-hybridized carbons (Fsp3) is 0.167. The number of aromatic nitrogens is 4. The molecule has 2 aliphatic rings. The number of aromatic carboxylic acids is 8. The second-order valence-electron chi connectivity index (χ2n) is 23.0. The number of carbonyl (C=O) groups excluding carboxylic acids is 8. The molecule has 0 radical (unpaired) electrons. The molecular formula is C72H54Mg4N8O24. The molecule has 0 aliphatic carbocycles. The second-order valence-corrected chi connectivity index (χ2v) is 23.0. The Hall–Kier alpha value is -11.1. The number of carboxylic acid groups (broad SMARTS) is 12. The van der Waals surface area contributed by atoms with E-state index < -0.39 is 215 Å². The van der Waals surface area contributed by atoms with Crippen molar-refractivity contribution < 1.29 is 119 Å². The van der Waals surface area contributed by atoms with Crippen LogP contribution in [0, 0.1) is 0 Å². The summed E-state index contributed by atoms with van der Waals surface area (Å²) in [6, 6.07) is 13.6. The number of rotatable bonds is 34. The van der Waals surface area contributed by atoms with Crippen LogP contribution in [-0.2, 0) is 19.2 Å². The Bertz CT molecular complexity index is 5160. The van der Waals surface area contributed by atoms with E-state index in [1.165, 1.54) is 60.7 Å². The Balaban J connectivity index is 0.00000523. The van der Waals surface area contributed by atoms with Gasteiger partial charge in [-0.25, -0.2) is 9.97 Å². The number of carbonyl (C=O) groups is 12. The van der Waals surface area contributed by atoms with Gasteiger partial charge >= 0.3 is 116 Å². The van der Waals surface area contributed by atoms with E-state index in [0.29, 0.717) is 0 Å². The van der Waals surface area contributed by atoms with Gasteiger partial charge in [-0.1, -0.05) is 49.1 Å². The first-order chi connectivity index (χ1) is 49.5. The number of aliphatic carboxylic acids is 4. The number of fused-ring (bicyclic) bond motifs is 8. The zero-order chi connectivity index (χ0) is 75.5. The summed E-state index contributed by atoms with van der Waals surface area (Å²) in [7, 11) is 0. The van der Waals surface area contributed by atoms with Gasteiger partial charge in [-0.2, -0.15) is 0 Å². The van der Waals surface area contributed by atoms with E-state index in [1.807, 2.05) is 0 Å². The Labute approximate surface area is 674 Å². The van der Waals surface area contributed by atoms with Crippen molar-refractivity contribution in [2.75, 3.05) is 47.4 Å². The predicted molar refractivity (Wildman–Crippen MR) is 378 cm³/mol. The Morgan fingerprint density at radius 3 is 0.880 bits per heavy atom. The molecule has 4 aromatic carbocycles. The summed E-state index contributed by atoms with van der Waals surface area (Å²) in [5.74, 6) is -22.1. The third-order valence-electron chi connectivity index (χ3n) is 16.4. The number of benzene rings is 4. The van der Waals surface area contributed by atoms with E-state index in [9.17, 15) is 119 Å². The van der Waals surface area contributed by atoms with Crippen LogP contribution in [0.1, 0.15) is 157 Å². The molecular weight excluding hydrogens is 1460 g/mol. The van der Waals surface area contributed by atoms with Crippen molar-refractivity contribution in [3.8, 4) is 44.5 Å². The summed E-state index contributed by atoms with van der Waals surface area (Å²) in [4.78, 5) is 171. The zero-order valence-electron chi connectivity index (χ0n) is 56.8. The molecule has 5 heterocycles. The molecule has 0 amide bonds. The van der Waals surface area contributed by atoms with Gasteiger partial charge in [0.05, 0.1) is 70.5 Å². The normalized spacial score (nSPS) is 11.1. The Morgan fingerprint density at radius 1 is 0.361 bits per heavy atom. The summed E-state index contributed by atoms with van der Waals surface area (Å²) in [5, 5.41) is 157. The number of anilines is 4. The first-order valence-electron chi connectivity index (χ1n) is 31.3. The minimum atomic E-state index is -2.18. The molecule has 0 saturated heterocycles. The molecule has 0 unspecified atom stereocenters. The molecule has 2 aliphatic heterocycles. The second kappa shape index (κ2) is 38.4. The van der Waals surface area contributed by atoms with Crippen molar-refractivity contribution in [3.05, 3.63) is 165 Å². The minimum absolute atomic E-state index is 0. The molecule has 0 fully saturated rings. The summed E-state index contributed by atoms with van der Waals surface area (Å²) in [6.07, 6.45) is 5.40. The van der Waals surface area contributed by atoms with E-state index in [2.05, 4.69) is 37.8 Å². The van der Waals surface area contributed by atoms with Gasteiger partial charge in [0, 0.05) is 169 Å². The SMILES string of the molecule is C=C/C=C/C1=Cc2nc1c(-c1ccc(NCCCC(=O)O)c(C(=O)[O-])c1C(=O)[O-])c1ccc([nH]1)c(-c1ccc(NCCCC(=O)O)c(C(=O)[O-])c1C(=O)[O-])c1nc(c(-c3ccc(NCCCC(=O)O)c(C(=O)[O-])c3C(=O)[O-])c3ccc([nH]3)c2-c2ccc(NCCCC(=O)O)c(C(=O)[O-])c2C(=O)[O-])C=C1.[25Mg+2].[25Mg+2].[25Mg+2].[25Mg+2]. The third-order valence-corrected chi connectivity index (χ3v) is 16.4. The van der Waals surface area contributed by atoms with Crippen molar-refractivity contribution >= 4 is 232 Å². The Kier molecular flexibility index (Phi) is 31.1. The number of carboxylic acids is 12. The van der Waals surface area contributed by atoms with Gasteiger partial charge in [0.25, 0.3) is 0 Å². The molecule has 32 nitrogen and oxygen atoms in total. The molecule has 8 bridgehead atoms. The van der Waals surface area contributed by atoms with Gasteiger partial charge in [-0.15, -0.1) is 0 Å². The first-order valence-corrected chi connectivity index (χ1v) is 31.3. The maximum Gasteiger partial charge on any atom is 2.00 e. The molecule has 0 spiro atoms. The third kappa shape index (κ3) is 19.3. The molecule has 36 heteroatoms. The van der Waals surface area contributed by atoms with Gasteiger partial charge < -0.3 is 131 Å². The number of nitrogens with zero attached hydrogens (tertiary/aromatic N) is 2. The molecule has 10 N–H and O–H groups in total. The van der Waals surface area contributed by atoms with Crippen LogP contribution in [-0.4, -0.2) is 230 Å². The topological polar surface area (TPSA) is 576 Å². The van der Waals surface area contributed by atoms with Crippen molar-refractivity contribution in [2.24, 2.45) is 0 Å². The summed E-state index contributed by atoms with van der Waals surface area (Å²) in [5.41, 5.74) is -17.1. The fourth-order valence-electron chi connectivity index (χ4n) is 12.1. The van der Waals surface area contributed by atoms with Crippen LogP contribution in [0.25, 0.3) is 90.4 Å². The Morgan fingerprint density at radius 2 is 0.620 bits per heavy atom. The molecule has 3 aromatic heterocycles. The van der Waals surface area contributed by atoms with E-state index in [0.717, 1.165) is 48.5 Å². The molecule has 7 aromatic rings. The summed E-state index contributed by atoms with van der Waals surface area (Å²) >= 11 is 0. The quantitative estimate of drug-likeness (QED) is 0.0130. The number of hydrogen-bond acceptors (Lipinski definition) is 26. The number of allylic oxidation sites excluding steroid dienone is 4. The average Bonchev–Trinajstić information content (AvgIpc) is 1.56. The smallest absolute Gasteiger partial charge is 0.545 e. The van der Waals surface area contributed by atoms with E-state index in [1.54, 1.807) is 0 Å². The number of aromatic amines is 2. The number of H-pyrrole nitrogens is 2. The van der Waals surface area contributed by atoms with E-state index in [4.69, 9.17) is 9.97 Å². The summed E-state index contributed by atoms with van der Waals surface area (Å²) in [6.45, 7) is 2.76. The summed E-state index contributed by atoms with van der Waals surface area (Å²) < 4.78 is 0. The van der Waals surface area contributed by atoms with E-state index >= 15 is 0 Å². The van der Waals surface area contributed by atoms with E-state index in [-0.39, 0.29) is 189 Å². The zero-order valence-corrected chi connectivity index (χ0v) is 62.4. The van der Waals surface area contributed by atoms with Crippen molar-refractivity contribution in [1.29, 1.82) is 0 Å². The van der Waals surface area contributed by atoms with Gasteiger partial charge in [-0.05, 0) is 115 Å². The van der Waals surface area contributed by atoms with Crippen molar-refractivity contribution in [3.63, 3.8) is 0 Å². The van der Waals surface area contributed by atoms with Crippen LogP contribution in [0.2, 0.25) is 0 Å². The van der Waals surface area contributed by atoms with Crippen LogP contribution in [0.15, 0.2) is 97.6 Å². The standard InChI is InChI=1S/C72H62N8O24.4Mg/c1-2-3-8-32-31-47-54(35-15-19-39(75-29-6-11-50(85)86)62(71(101)102)58(35)67(93)94)45-24-23-43(78-45)52(33-13-17-37(73-27-4-9-48(81)82)60(69(97)98)56(33)65(89)90)41-21-22-42(77-41)53(34-14-18-38(74-28-5-10-49(83)84)61(70(99)100)57(34)66(91)92)44-25-26-46(79-44)55(64(32)80-47)36-16-20-40(76-30-7-12-51(87)88)63(72(103)104)59(36)68(95)96;;;;/h2-3,8,13-26,31,73-76,78-79H,1,4-7,9-12,27-30H2,(H,81,82)(H,83,84)(H,85,86)(H,87,88)(H,89,90)(H,91,92)(H,93,94)(H,95,96)(H,97,98)(H,99,100)(H,101,102)(H,103,104);;;;/q;4*+2/p-8/b8-3+,52-41?,52-43?,53-42?,53-44?,54-45?,54-47?,55-46?,64-55?;;;;/i;4*1+1. The van der Waals surface area contributed by atoms with Crippen LogP contribution >= 0.6 is 0 Å². The fourth-order valence-corrected chi connectivity index (χ4v) is 12.1. The first kappa shape index (κ1) is 87.5. The maximum absolute atomic E-state index is 13.9. The van der Waals surface area contributed by atoms with Crippen LogP contribution in [0.4, 0.5) is 22.7 Å². The van der Waals surface area contributed by atoms with Gasteiger partial charge in [0.15, 0.2) is 0 Å². The van der Waals surface area contributed by atoms with Gasteiger partial charge in [0.2, 0.25) is 0 Å². The molecule has 0 saturated carbocycles. The molecule has 0 atom stereocenters. The number of nitrogens with one attached hydrogen (secondary N) is 6. The van der Waals surface area contributed by atoms with Crippen LogP contribution < -0.4 is 62.1 Å². The average molecular weight is 1520 g/mol. The minimum Gasteiger partial charge on any atom is -0.545 e.